The summed E-state index contributed by atoms with van der Waals surface area (Å²) < 4.78 is 5.24. The Morgan fingerprint density at radius 3 is 2.30 bits per heavy atom. The Morgan fingerprint density at radius 2 is 1.70 bits per heavy atom. The minimum Gasteiger partial charge on any atom is -0.427 e. The quantitative estimate of drug-likeness (QED) is 0.410. The summed E-state index contributed by atoms with van der Waals surface area (Å²) in [5.41, 5.74) is 3.68. The lowest BCUT2D eigenvalue weighted by Gasteiger charge is -2.19. The van der Waals surface area contributed by atoms with Crippen molar-refractivity contribution in [3.8, 4) is 16.9 Å². The number of rotatable bonds is 6. The molecule has 0 aliphatic rings. The van der Waals surface area contributed by atoms with E-state index in [1.165, 1.54) is 16.9 Å². The fraction of sp³-hybridized carbons (Fsp3) is 0.217. The highest BCUT2D eigenvalue weighted by Crippen LogP contribution is 2.39. The summed E-state index contributed by atoms with van der Waals surface area (Å²) >= 11 is 1.44. The maximum absolute atomic E-state index is 12.7. The second-order valence-corrected chi connectivity index (χ2v) is 8.37. The van der Waals surface area contributed by atoms with Gasteiger partial charge in [-0.1, -0.05) is 75.4 Å². The Balaban J connectivity index is 1.86. The van der Waals surface area contributed by atoms with Crippen molar-refractivity contribution < 1.29 is 14.3 Å². The summed E-state index contributed by atoms with van der Waals surface area (Å²) in [4.78, 5) is 24.5. The largest absolute Gasteiger partial charge is 0.427 e. The maximum Gasteiger partial charge on any atom is 0.298 e. The minimum atomic E-state index is 0.00710. The molecule has 138 valence electrons. The summed E-state index contributed by atoms with van der Waals surface area (Å²) in [6, 6.07) is 17.4. The lowest BCUT2D eigenvalue weighted by atomic mass is 9.86. The van der Waals surface area contributed by atoms with Crippen molar-refractivity contribution in [1.82, 2.24) is 0 Å². The zero-order valence-corrected chi connectivity index (χ0v) is 16.5. The summed E-state index contributed by atoms with van der Waals surface area (Å²) in [6.45, 7) is 6.84. The molecule has 0 unspecified atom stereocenters. The first-order valence-corrected chi connectivity index (χ1v) is 9.68. The SMILES string of the molecule is CC(C)(C)c1ccc(C(=O)Cc2scc(-c3ccccc3)c2OC=O)cc1. The number of carbonyl (C=O) groups is 2. The topological polar surface area (TPSA) is 43.4 Å². The molecule has 4 heteroatoms. The highest BCUT2D eigenvalue weighted by molar-refractivity contribution is 7.11. The average Bonchev–Trinajstić information content (AvgIpc) is 3.04. The van der Waals surface area contributed by atoms with E-state index in [0.29, 0.717) is 17.8 Å². The Hall–Kier alpha value is -2.72. The van der Waals surface area contributed by atoms with Crippen LogP contribution in [0.3, 0.4) is 0 Å². The van der Waals surface area contributed by atoms with E-state index >= 15 is 0 Å². The van der Waals surface area contributed by atoms with Crippen LogP contribution in [0.5, 0.6) is 5.75 Å². The molecular formula is C23H22O3S. The second kappa shape index (κ2) is 7.89. The van der Waals surface area contributed by atoms with Crippen molar-refractivity contribution in [3.05, 3.63) is 76.0 Å². The van der Waals surface area contributed by atoms with Gasteiger partial charge in [-0.15, -0.1) is 11.3 Å². The van der Waals surface area contributed by atoms with Crippen molar-refractivity contribution >= 4 is 23.6 Å². The third-order valence-electron chi connectivity index (χ3n) is 4.46. The number of ether oxygens (including phenoxy) is 1. The molecule has 0 bridgehead atoms. The summed E-state index contributed by atoms with van der Waals surface area (Å²) in [5, 5.41) is 1.93. The first-order chi connectivity index (χ1) is 12.9. The number of Topliss-reactive ketones (excluding diaryl/α,β-unsaturated/α-hetero) is 1. The Labute approximate surface area is 163 Å². The van der Waals surface area contributed by atoms with Gasteiger partial charge in [-0.05, 0) is 16.5 Å². The second-order valence-electron chi connectivity index (χ2n) is 7.41. The molecule has 3 rings (SSSR count). The molecule has 1 heterocycles. The predicted molar refractivity (Wildman–Crippen MR) is 110 cm³/mol. The molecule has 0 saturated carbocycles. The van der Waals surface area contributed by atoms with Crippen LogP contribution in [0.4, 0.5) is 0 Å². The van der Waals surface area contributed by atoms with Gasteiger partial charge >= 0.3 is 0 Å². The fourth-order valence-corrected chi connectivity index (χ4v) is 3.89. The van der Waals surface area contributed by atoms with E-state index in [0.717, 1.165) is 16.0 Å². The van der Waals surface area contributed by atoms with Crippen LogP contribution in [-0.4, -0.2) is 12.3 Å². The molecule has 0 atom stereocenters. The lowest BCUT2D eigenvalue weighted by molar-refractivity contribution is -0.120. The molecule has 0 aliphatic carbocycles. The van der Waals surface area contributed by atoms with E-state index < -0.39 is 0 Å². The molecule has 0 radical (unpaired) electrons. The Bertz CT molecular complexity index is 932. The number of thiophene rings is 1. The van der Waals surface area contributed by atoms with Gasteiger partial charge < -0.3 is 4.74 Å². The van der Waals surface area contributed by atoms with Crippen LogP contribution in [-0.2, 0) is 16.6 Å². The smallest absolute Gasteiger partial charge is 0.298 e. The minimum absolute atomic E-state index is 0.00710. The number of benzene rings is 2. The molecule has 27 heavy (non-hydrogen) atoms. The molecule has 0 aliphatic heterocycles. The van der Waals surface area contributed by atoms with Gasteiger partial charge in [-0.25, -0.2) is 0 Å². The highest BCUT2D eigenvalue weighted by Gasteiger charge is 2.19. The molecule has 0 saturated heterocycles. The zero-order chi connectivity index (χ0) is 19.4. The van der Waals surface area contributed by atoms with Gasteiger partial charge in [0, 0.05) is 22.9 Å². The summed E-state index contributed by atoms with van der Waals surface area (Å²) in [6.07, 6.45) is 0.204. The molecule has 3 aromatic rings. The molecule has 1 aromatic heterocycles. The van der Waals surface area contributed by atoms with Crippen LogP contribution in [0.15, 0.2) is 60.0 Å². The molecule has 2 aromatic carbocycles. The number of hydrogen-bond acceptors (Lipinski definition) is 4. The van der Waals surface area contributed by atoms with Crippen LogP contribution in [0.2, 0.25) is 0 Å². The molecule has 0 amide bonds. The number of hydrogen-bond donors (Lipinski definition) is 0. The van der Waals surface area contributed by atoms with Crippen molar-refractivity contribution in [2.24, 2.45) is 0 Å². The van der Waals surface area contributed by atoms with Crippen molar-refractivity contribution in [3.63, 3.8) is 0 Å². The third-order valence-corrected chi connectivity index (χ3v) is 5.43. The van der Waals surface area contributed by atoms with Crippen LogP contribution in [0.25, 0.3) is 11.1 Å². The number of ketones is 1. The van der Waals surface area contributed by atoms with E-state index in [-0.39, 0.29) is 17.6 Å². The van der Waals surface area contributed by atoms with Gasteiger partial charge in [0.15, 0.2) is 11.5 Å². The Morgan fingerprint density at radius 1 is 1.04 bits per heavy atom. The van der Waals surface area contributed by atoms with Gasteiger partial charge in [0.1, 0.15) is 0 Å². The fourth-order valence-electron chi connectivity index (χ4n) is 2.91. The van der Waals surface area contributed by atoms with E-state index in [9.17, 15) is 9.59 Å². The molecule has 3 nitrogen and oxygen atoms in total. The van der Waals surface area contributed by atoms with Gasteiger partial charge in [0.05, 0.1) is 4.88 Å². The average molecular weight is 378 g/mol. The van der Waals surface area contributed by atoms with E-state index in [4.69, 9.17) is 4.74 Å². The third kappa shape index (κ3) is 4.34. The van der Waals surface area contributed by atoms with Crippen molar-refractivity contribution in [2.75, 3.05) is 0 Å². The number of carbonyl (C=O) groups excluding carboxylic acids is 2. The van der Waals surface area contributed by atoms with E-state index in [1.807, 2.05) is 60.0 Å². The highest BCUT2D eigenvalue weighted by atomic mass is 32.1. The molecule has 0 spiro atoms. The maximum atomic E-state index is 12.7. The van der Waals surface area contributed by atoms with E-state index in [1.54, 1.807) is 0 Å². The normalized spacial score (nSPS) is 11.2. The molecule has 0 N–H and O–H groups in total. The van der Waals surface area contributed by atoms with Crippen LogP contribution in [0.1, 0.15) is 41.6 Å². The van der Waals surface area contributed by atoms with Gasteiger partial charge in [0.2, 0.25) is 0 Å². The summed E-state index contributed by atoms with van der Waals surface area (Å²) in [7, 11) is 0. The van der Waals surface area contributed by atoms with Crippen molar-refractivity contribution in [2.45, 2.75) is 32.6 Å². The standard InChI is InChI=1S/C23H22O3S/c1-23(2,3)18-11-9-17(10-12-18)20(25)13-21-22(26-15-24)19(14-27-21)16-7-5-4-6-8-16/h4-12,14-15H,13H2,1-3H3. The lowest BCUT2D eigenvalue weighted by Crippen LogP contribution is -2.11. The first kappa shape index (κ1) is 19.1. The summed E-state index contributed by atoms with van der Waals surface area (Å²) in [5.74, 6) is 0.480. The predicted octanol–water partition coefficient (Wildman–Crippen LogP) is 5.67. The molecular weight excluding hydrogens is 356 g/mol. The monoisotopic (exact) mass is 378 g/mol. The molecule has 0 fully saturated rings. The van der Waals surface area contributed by atoms with E-state index in [2.05, 4.69) is 20.8 Å². The van der Waals surface area contributed by atoms with Crippen LogP contribution >= 0.6 is 11.3 Å². The van der Waals surface area contributed by atoms with Crippen LogP contribution < -0.4 is 4.74 Å². The van der Waals surface area contributed by atoms with Gasteiger partial charge in [0.25, 0.3) is 6.47 Å². The van der Waals surface area contributed by atoms with Gasteiger partial charge in [-0.3, -0.25) is 9.59 Å². The van der Waals surface area contributed by atoms with Crippen molar-refractivity contribution in [1.29, 1.82) is 0 Å². The Kier molecular flexibility index (Phi) is 5.57. The van der Waals surface area contributed by atoms with Gasteiger partial charge in [-0.2, -0.15) is 0 Å². The first-order valence-electron chi connectivity index (χ1n) is 8.80. The zero-order valence-electron chi connectivity index (χ0n) is 15.7. The van der Waals surface area contributed by atoms with Crippen LogP contribution in [0, 0.1) is 0 Å².